The standard InChI is InChI=1S/C25H31FN3O9P/c1-16(24(32)35-14-17-8-4-2-5-9-17)28-39(34,38-18-10-6-3-7-11-18)36-15-21-20(30)12-22(37-21)29-13-19(26)23(31)27-25(29)33/h2-4,6-8,10-11,13,16,20-23,30-31H,5,9,12,14-15H2,1H3,(H,27,33)(H,28,34)/t16-,20+,21?,22+,23?,39?/m0/s1. The Labute approximate surface area is 224 Å². The number of allylic oxidation sites excluding steroid dienone is 3. The number of ether oxygens (including phenoxy) is 2. The van der Waals surface area contributed by atoms with Crippen molar-refractivity contribution in [3.63, 3.8) is 0 Å². The second-order valence-corrected chi connectivity index (χ2v) is 10.8. The Balaban J connectivity index is 1.39. The van der Waals surface area contributed by atoms with Gasteiger partial charge >= 0.3 is 19.7 Å². The van der Waals surface area contributed by atoms with Crippen LogP contribution in [0.25, 0.3) is 0 Å². The maximum absolute atomic E-state index is 13.8. The van der Waals surface area contributed by atoms with Gasteiger partial charge in [-0.15, -0.1) is 0 Å². The molecule has 6 atom stereocenters. The molecule has 0 radical (unpaired) electrons. The van der Waals surface area contributed by atoms with Crippen LogP contribution in [0.3, 0.4) is 0 Å². The molecule has 1 saturated heterocycles. The first-order chi connectivity index (χ1) is 18.6. The highest BCUT2D eigenvalue weighted by Crippen LogP contribution is 2.45. The molecule has 2 aliphatic heterocycles. The number of hydrogen-bond acceptors (Lipinski definition) is 9. The molecule has 4 N–H and O–H groups in total. The van der Waals surface area contributed by atoms with Gasteiger partial charge in [0, 0.05) is 12.6 Å². The Morgan fingerprint density at radius 1 is 1.33 bits per heavy atom. The van der Waals surface area contributed by atoms with Crippen molar-refractivity contribution in [2.75, 3.05) is 13.2 Å². The summed E-state index contributed by atoms with van der Waals surface area (Å²) < 4.78 is 49.7. The maximum Gasteiger partial charge on any atom is 0.459 e. The summed E-state index contributed by atoms with van der Waals surface area (Å²) in [5.41, 5.74) is 0.951. The lowest BCUT2D eigenvalue weighted by Crippen LogP contribution is -2.51. The highest BCUT2D eigenvalue weighted by molar-refractivity contribution is 7.52. The summed E-state index contributed by atoms with van der Waals surface area (Å²) >= 11 is 0. The number of esters is 1. The molecule has 0 saturated carbocycles. The lowest BCUT2D eigenvalue weighted by atomic mass is 10.1. The number of carbonyl (C=O) groups excluding carboxylic acids is 2. The summed E-state index contributed by atoms with van der Waals surface area (Å²) in [4.78, 5) is 25.6. The average molecular weight is 568 g/mol. The van der Waals surface area contributed by atoms with E-state index in [1.807, 2.05) is 23.5 Å². The van der Waals surface area contributed by atoms with Crippen molar-refractivity contribution < 1.29 is 47.3 Å². The van der Waals surface area contributed by atoms with Crippen LogP contribution < -0.4 is 14.9 Å². The molecule has 2 amide bonds. The zero-order valence-corrected chi connectivity index (χ0v) is 22.0. The van der Waals surface area contributed by atoms with Gasteiger partial charge < -0.3 is 29.5 Å². The predicted octanol–water partition coefficient (Wildman–Crippen LogP) is 2.62. The first-order valence-corrected chi connectivity index (χ1v) is 13.9. The van der Waals surface area contributed by atoms with Crippen molar-refractivity contribution in [3.05, 3.63) is 66.2 Å². The van der Waals surface area contributed by atoms with E-state index in [-0.39, 0.29) is 18.8 Å². The van der Waals surface area contributed by atoms with E-state index in [9.17, 15) is 28.8 Å². The summed E-state index contributed by atoms with van der Waals surface area (Å²) in [6.45, 7) is 1.09. The predicted molar refractivity (Wildman–Crippen MR) is 135 cm³/mol. The second kappa shape index (κ2) is 12.9. The summed E-state index contributed by atoms with van der Waals surface area (Å²) in [6.07, 6.45) is 3.00. The van der Waals surface area contributed by atoms with Gasteiger partial charge in [0.25, 0.3) is 0 Å². The van der Waals surface area contributed by atoms with Gasteiger partial charge in [0.15, 0.2) is 12.1 Å². The first kappa shape index (κ1) is 28.9. The van der Waals surface area contributed by atoms with Crippen LogP contribution in [0.2, 0.25) is 0 Å². The number of rotatable bonds is 11. The fourth-order valence-corrected chi connectivity index (χ4v) is 5.51. The highest BCUT2D eigenvalue weighted by Gasteiger charge is 2.43. The number of benzene rings is 1. The summed E-state index contributed by atoms with van der Waals surface area (Å²) in [7, 11) is -4.23. The minimum atomic E-state index is -4.23. The third kappa shape index (κ3) is 7.75. The minimum Gasteiger partial charge on any atom is -0.460 e. The van der Waals surface area contributed by atoms with Gasteiger partial charge in [-0.1, -0.05) is 36.4 Å². The van der Waals surface area contributed by atoms with Crippen molar-refractivity contribution >= 4 is 19.7 Å². The molecule has 3 aliphatic rings. The number of para-hydroxylation sites is 1. The third-order valence-corrected chi connectivity index (χ3v) is 7.76. The number of nitrogens with one attached hydrogen (secondary N) is 2. The molecule has 212 valence electrons. The van der Waals surface area contributed by atoms with Crippen LogP contribution in [0.1, 0.15) is 26.2 Å². The zero-order chi connectivity index (χ0) is 28.0. The molecule has 14 heteroatoms. The average Bonchev–Trinajstić information content (AvgIpc) is 3.29. The van der Waals surface area contributed by atoms with Gasteiger partial charge in [-0.2, -0.15) is 5.09 Å². The third-order valence-electron chi connectivity index (χ3n) is 6.12. The van der Waals surface area contributed by atoms with E-state index >= 15 is 0 Å². The van der Waals surface area contributed by atoms with Crippen LogP contribution in [0.15, 0.2) is 66.2 Å². The van der Waals surface area contributed by atoms with Gasteiger partial charge in [-0.3, -0.25) is 14.2 Å². The van der Waals surface area contributed by atoms with E-state index < -0.39 is 62.9 Å². The molecule has 4 rings (SSSR count). The number of nitrogens with zero attached hydrogens (tertiary/aromatic N) is 1. The van der Waals surface area contributed by atoms with Crippen LogP contribution in [-0.2, 0) is 23.4 Å². The smallest absolute Gasteiger partial charge is 0.459 e. The molecule has 3 unspecified atom stereocenters. The molecule has 0 aromatic heterocycles. The monoisotopic (exact) mass is 567 g/mol. The van der Waals surface area contributed by atoms with E-state index in [0.717, 1.165) is 29.5 Å². The Bertz CT molecular complexity index is 1180. The molecule has 0 spiro atoms. The topological polar surface area (TPSA) is 156 Å². The SMILES string of the molecule is C[C@H](NP(=O)(OCC1O[C@@H](N2C=C(F)C(O)NC2=O)C[C@H]1O)Oc1ccccc1)C(=O)OCC1=CC=CCC1. The van der Waals surface area contributed by atoms with E-state index in [4.69, 9.17) is 18.5 Å². The van der Waals surface area contributed by atoms with Gasteiger partial charge in [0.2, 0.25) is 0 Å². The lowest BCUT2D eigenvalue weighted by molar-refractivity contribution is -0.144. The molecular weight excluding hydrogens is 536 g/mol. The fraction of sp³-hybridized carbons (Fsp3) is 0.440. The maximum atomic E-state index is 13.8. The van der Waals surface area contributed by atoms with E-state index in [1.165, 1.54) is 6.92 Å². The van der Waals surface area contributed by atoms with Gasteiger partial charge in [0.05, 0.1) is 12.7 Å². The van der Waals surface area contributed by atoms with Crippen molar-refractivity contribution in [2.24, 2.45) is 0 Å². The van der Waals surface area contributed by atoms with E-state index in [1.54, 1.807) is 30.3 Å². The zero-order valence-electron chi connectivity index (χ0n) is 21.1. The van der Waals surface area contributed by atoms with Crippen molar-refractivity contribution in [1.29, 1.82) is 0 Å². The van der Waals surface area contributed by atoms with Crippen molar-refractivity contribution in [2.45, 2.75) is 56.9 Å². The van der Waals surface area contributed by atoms with Gasteiger partial charge in [-0.05, 0) is 37.5 Å². The normalized spacial score (nSPS) is 27.2. The van der Waals surface area contributed by atoms with Gasteiger partial charge in [0.1, 0.15) is 30.7 Å². The molecule has 0 bridgehead atoms. The summed E-state index contributed by atoms with van der Waals surface area (Å²) in [5.74, 6) is -1.48. The molecule has 39 heavy (non-hydrogen) atoms. The molecular formula is C25H31FN3O9P. The van der Waals surface area contributed by atoms with Crippen molar-refractivity contribution in [1.82, 2.24) is 15.3 Å². The Morgan fingerprint density at radius 3 is 2.82 bits per heavy atom. The fourth-order valence-electron chi connectivity index (χ4n) is 4.01. The molecule has 12 nitrogen and oxygen atoms in total. The van der Waals surface area contributed by atoms with Gasteiger partial charge in [-0.25, -0.2) is 13.8 Å². The van der Waals surface area contributed by atoms with E-state index in [0.29, 0.717) is 0 Å². The number of aliphatic hydroxyl groups is 2. The summed E-state index contributed by atoms with van der Waals surface area (Å²) in [5, 5.41) is 24.5. The Hall–Kier alpha value is -3.06. The van der Waals surface area contributed by atoms with Crippen LogP contribution >= 0.6 is 7.75 Å². The Kier molecular flexibility index (Phi) is 9.54. The number of carbonyl (C=O) groups is 2. The van der Waals surface area contributed by atoms with E-state index in [2.05, 4.69) is 5.09 Å². The van der Waals surface area contributed by atoms with Crippen LogP contribution in [0.4, 0.5) is 9.18 Å². The largest absolute Gasteiger partial charge is 0.460 e. The Morgan fingerprint density at radius 2 is 2.10 bits per heavy atom. The molecule has 2 heterocycles. The molecule has 1 fully saturated rings. The second-order valence-electron chi connectivity index (χ2n) is 9.15. The molecule has 1 aromatic carbocycles. The van der Waals surface area contributed by atoms with Crippen LogP contribution in [0, 0.1) is 0 Å². The lowest BCUT2D eigenvalue weighted by Gasteiger charge is -2.30. The number of urea groups is 1. The van der Waals surface area contributed by atoms with Crippen LogP contribution in [0.5, 0.6) is 5.75 Å². The number of amides is 2. The number of hydrogen-bond donors (Lipinski definition) is 4. The quantitative estimate of drug-likeness (QED) is 0.232. The highest BCUT2D eigenvalue weighted by atomic mass is 31.2. The molecule has 1 aromatic rings. The number of halogens is 1. The molecule has 1 aliphatic carbocycles. The number of aliphatic hydroxyl groups excluding tert-OH is 2. The van der Waals surface area contributed by atoms with Crippen LogP contribution in [-0.4, -0.2) is 71.0 Å². The van der Waals surface area contributed by atoms with Crippen molar-refractivity contribution in [3.8, 4) is 5.75 Å². The minimum absolute atomic E-state index is 0.0968. The first-order valence-electron chi connectivity index (χ1n) is 12.4. The summed E-state index contributed by atoms with van der Waals surface area (Å²) in [6, 6.07) is 6.23.